The highest BCUT2D eigenvalue weighted by Gasteiger charge is 2.29. The molecule has 18 heavy (non-hydrogen) atoms. The first kappa shape index (κ1) is 13.1. The number of hydrogen-bond donors (Lipinski definition) is 0. The summed E-state index contributed by atoms with van der Waals surface area (Å²) >= 11 is 0. The maximum atomic E-state index is 12.2. The van der Waals surface area contributed by atoms with Gasteiger partial charge >= 0.3 is 0 Å². The number of carbonyl (C=O) groups excluding carboxylic acids is 1. The van der Waals surface area contributed by atoms with Gasteiger partial charge < -0.3 is 9.80 Å². The first-order valence-electron chi connectivity index (χ1n) is 6.75. The van der Waals surface area contributed by atoms with Crippen molar-refractivity contribution in [1.82, 2.24) is 9.80 Å². The van der Waals surface area contributed by atoms with Gasteiger partial charge in [0.2, 0.25) is 5.91 Å². The predicted octanol–water partition coefficient (Wildman–Crippen LogP) is 2.30. The molecule has 0 aromatic heterocycles. The fourth-order valence-electron chi connectivity index (χ4n) is 2.54. The summed E-state index contributed by atoms with van der Waals surface area (Å²) < 4.78 is 0. The number of rotatable bonds is 3. The Morgan fingerprint density at radius 3 is 2.67 bits per heavy atom. The van der Waals surface area contributed by atoms with E-state index in [0.29, 0.717) is 12.3 Å². The second kappa shape index (κ2) is 6.01. The normalized spacial score (nSPS) is 21.0. The molecule has 1 amide bonds. The lowest BCUT2D eigenvalue weighted by Gasteiger charge is -2.40. The summed E-state index contributed by atoms with van der Waals surface area (Å²) in [5.41, 5.74) is 1.24. The van der Waals surface area contributed by atoms with Crippen molar-refractivity contribution in [2.45, 2.75) is 25.8 Å². The Morgan fingerprint density at radius 1 is 1.28 bits per heavy atom. The molecule has 0 spiro atoms. The molecular formula is C15H22N2O. The van der Waals surface area contributed by atoms with Crippen molar-refractivity contribution >= 4 is 5.91 Å². The number of carbonyl (C=O) groups is 1. The van der Waals surface area contributed by atoms with Crippen molar-refractivity contribution in [3.05, 3.63) is 35.9 Å². The Morgan fingerprint density at radius 2 is 2.00 bits per heavy atom. The third-order valence-electron chi connectivity index (χ3n) is 3.55. The molecule has 1 heterocycles. The zero-order valence-electron chi connectivity index (χ0n) is 11.3. The molecular weight excluding hydrogens is 224 g/mol. The molecule has 0 radical (unpaired) electrons. The molecule has 1 aromatic carbocycles. The van der Waals surface area contributed by atoms with Crippen LogP contribution in [-0.4, -0.2) is 42.4 Å². The lowest BCUT2D eigenvalue weighted by Crippen LogP contribution is -2.49. The van der Waals surface area contributed by atoms with E-state index in [1.54, 1.807) is 0 Å². The van der Waals surface area contributed by atoms with Crippen LogP contribution < -0.4 is 0 Å². The van der Waals surface area contributed by atoms with E-state index >= 15 is 0 Å². The van der Waals surface area contributed by atoms with Gasteiger partial charge in [0.15, 0.2) is 0 Å². The monoisotopic (exact) mass is 246 g/mol. The summed E-state index contributed by atoms with van der Waals surface area (Å²) in [5, 5.41) is 0. The lowest BCUT2D eigenvalue weighted by atomic mass is 10.0. The molecule has 0 N–H and O–H groups in total. The molecule has 1 aliphatic rings. The molecule has 1 unspecified atom stereocenters. The third-order valence-corrected chi connectivity index (χ3v) is 3.55. The van der Waals surface area contributed by atoms with Crippen LogP contribution >= 0.6 is 0 Å². The highest BCUT2D eigenvalue weighted by atomic mass is 16.2. The molecule has 1 aromatic rings. The van der Waals surface area contributed by atoms with Crippen molar-refractivity contribution < 1.29 is 4.79 Å². The average molecular weight is 246 g/mol. The molecule has 0 saturated carbocycles. The number of benzene rings is 1. The van der Waals surface area contributed by atoms with Gasteiger partial charge in [-0.3, -0.25) is 4.79 Å². The smallest absolute Gasteiger partial charge is 0.223 e. The number of amides is 1. The molecule has 0 bridgehead atoms. The molecule has 3 nitrogen and oxygen atoms in total. The second-order valence-corrected chi connectivity index (χ2v) is 5.03. The van der Waals surface area contributed by atoms with Gasteiger partial charge in [0, 0.05) is 26.1 Å². The topological polar surface area (TPSA) is 23.6 Å². The van der Waals surface area contributed by atoms with Crippen LogP contribution in [0, 0.1) is 0 Å². The van der Waals surface area contributed by atoms with Gasteiger partial charge in [0.1, 0.15) is 0 Å². The van der Waals surface area contributed by atoms with Crippen LogP contribution in [-0.2, 0) is 4.79 Å². The van der Waals surface area contributed by atoms with Crippen LogP contribution in [0.4, 0.5) is 0 Å². The Labute approximate surface area is 109 Å². The zero-order chi connectivity index (χ0) is 13.0. The first-order valence-corrected chi connectivity index (χ1v) is 6.75. The van der Waals surface area contributed by atoms with Crippen molar-refractivity contribution in [3.63, 3.8) is 0 Å². The minimum atomic E-state index is 0.212. The number of likely N-dealkylation sites (N-methyl/N-ethyl adjacent to an activating group) is 1. The number of nitrogens with zero attached hydrogens (tertiary/aromatic N) is 2. The van der Waals surface area contributed by atoms with Crippen molar-refractivity contribution in [1.29, 1.82) is 0 Å². The maximum Gasteiger partial charge on any atom is 0.223 e. The van der Waals surface area contributed by atoms with Crippen molar-refractivity contribution in [2.75, 3.05) is 26.7 Å². The largest absolute Gasteiger partial charge is 0.333 e. The van der Waals surface area contributed by atoms with E-state index in [-0.39, 0.29) is 6.04 Å². The van der Waals surface area contributed by atoms with Crippen LogP contribution in [0.3, 0.4) is 0 Å². The van der Waals surface area contributed by atoms with Crippen molar-refractivity contribution in [2.24, 2.45) is 0 Å². The van der Waals surface area contributed by atoms with Crippen LogP contribution in [0.15, 0.2) is 30.3 Å². The van der Waals surface area contributed by atoms with E-state index < -0.39 is 0 Å². The van der Waals surface area contributed by atoms with Gasteiger partial charge in [-0.15, -0.1) is 0 Å². The van der Waals surface area contributed by atoms with E-state index in [2.05, 4.69) is 35.9 Å². The van der Waals surface area contributed by atoms with Gasteiger partial charge in [-0.1, -0.05) is 37.3 Å². The number of piperazine rings is 1. The maximum absolute atomic E-state index is 12.2. The molecule has 1 fully saturated rings. The van der Waals surface area contributed by atoms with E-state index in [1.807, 2.05) is 18.2 Å². The summed E-state index contributed by atoms with van der Waals surface area (Å²) in [4.78, 5) is 16.5. The molecule has 1 aliphatic heterocycles. The van der Waals surface area contributed by atoms with E-state index in [1.165, 1.54) is 5.56 Å². The van der Waals surface area contributed by atoms with Crippen LogP contribution in [0.2, 0.25) is 0 Å². The lowest BCUT2D eigenvalue weighted by molar-refractivity contribution is -0.136. The first-order chi connectivity index (χ1) is 8.72. The van der Waals surface area contributed by atoms with Gasteiger partial charge in [-0.05, 0) is 19.0 Å². The molecule has 1 saturated heterocycles. The highest BCUT2D eigenvalue weighted by Crippen LogP contribution is 2.25. The van der Waals surface area contributed by atoms with Crippen LogP contribution in [0.1, 0.15) is 31.4 Å². The standard InChI is InChI=1S/C15H22N2O/c1-3-7-15(18)17-11-10-16(2)12-14(17)13-8-5-4-6-9-13/h4-6,8-9,14H,3,7,10-12H2,1-2H3. The molecule has 2 rings (SSSR count). The van der Waals surface area contributed by atoms with E-state index in [4.69, 9.17) is 0 Å². The van der Waals surface area contributed by atoms with Gasteiger partial charge in [-0.2, -0.15) is 0 Å². The summed E-state index contributed by atoms with van der Waals surface area (Å²) in [6.07, 6.45) is 1.58. The summed E-state index contributed by atoms with van der Waals surface area (Å²) in [7, 11) is 2.12. The summed E-state index contributed by atoms with van der Waals surface area (Å²) in [6.45, 7) is 4.80. The molecule has 3 heteroatoms. The fourth-order valence-corrected chi connectivity index (χ4v) is 2.54. The van der Waals surface area contributed by atoms with Gasteiger partial charge in [-0.25, -0.2) is 0 Å². The van der Waals surface area contributed by atoms with E-state index in [0.717, 1.165) is 26.1 Å². The Hall–Kier alpha value is -1.35. The predicted molar refractivity (Wildman–Crippen MR) is 73.3 cm³/mol. The van der Waals surface area contributed by atoms with E-state index in [9.17, 15) is 4.79 Å². The van der Waals surface area contributed by atoms with Crippen LogP contribution in [0.25, 0.3) is 0 Å². The SMILES string of the molecule is CCCC(=O)N1CCN(C)CC1c1ccccc1. The Kier molecular flexibility index (Phi) is 4.37. The molecule has 98 valence electrons. The van der Waals surface area contributed by atoms with Gasteiger partial charge in [0.05, 0.1) is 6.04 Å². The quantitative estimate of drug-likeness (QED) is 0.817. The highest BCUT2D eigenvalue weighted by molar-refractivity contribution is 5.76. The molecule has 1 atom stereocenters. The average Bonchev–Trinajstić information content (AvgIpc) is 2.40. The minimum Gasteiger partial charge on any atom is -0.333 e. The Bertz CT molecular complexity index is 391. The Balaban J connectivity index is 2.19. The minimum absolute atomic E-state index is 0.212. The van der Waals surface area contributed by atoms with Gasteiger partial charge in [0.25, 0.3) is 0 Å². The molecule has 0 aliphatic carbocycles. The van der Waals surface area contributed by atoms with Crippen molar-refractivity contribution in [3.8, 4) is 0 Å². The summed E-state index contributed by atoms with van der Waals surface area (Å²) in [6, 6.07) is 10.6. The summed E-state index contributed by atoms with van der Waals surface area (Å²) in [5.74, 6) is 0.291. The van der Waals surface area contributed by atoms with Crippen LogP contribution in [0.5, 0.6) is 0 Å². The number of hydrogen-bond acceptors (Lipinski definition) is 2. The fraction of sp³-hybridized carbons (Fsp3) is 0.533. The third kappa shape index (κ3) is 2.91. The second-order valence-electron chi connectivity index (χ2n) is 5.03. The zero-order valence-corrected chi connectivity index (χ0v) is 11.3.